The zero-order valence-corrected chi connectivity index (χ0v) is 13.0. The fourth-order valence-corrected chi connectivity index (χ4v) is 4.46. The van der Waals surface area contributed by atoms with E-state index in [0.717, 1.165) is 19.3 Å². The molecule has 1 heterocycles. The van der Waals surface area contributed by atoms with Gasteiger partial charge in [-0.2, -0.15) is 0 Å². The molecule has 1 aliphatic carbocycles. The van der Waals surface area contributed by atoms with E-state index in [1.807, 2.05) is 0 Å². The molecule has 0 radical (unpaired) electrons. The highest BCUT2D eigenvalue weighted by atomic mass is 79.9. The van der Waals surface area contributed by atoms with Crippen LogP contribution in [0.5, 0.6) is 0 Å². The fraction of sp³-hybridized carbons (Fsp3) is 0.333. The zero-order chi connectivity index (χ0) is 13.2. The summed E-state index contributed by atoms with van der Waals surface area (Å²) < 4.78 is 1.19. The molecule has 1 atom stereocenters. The maximum absolute atomic E-state index is 5.79. The normalized spacial score (nSPS) is 16.5. The van der Waals surface area contributed by atoms with Gasteiger partial charge in [0.15, 0.2) is 0 Å². The number of nitrogens with two attached hydrogens (primary N) is 1. The van der Waals surface area contributed by atoms with Crippen LogP contribution in [0.2, 0.25) is 0 Å². The molecule has 0 spiro atoms. The van der Waals surface area contributed by atoms with E-state index in [4.69, 9.17) is 5.84 Å². The van der Waals surface area contributed by atoms with Crippen LogP contribution in [0.15, 0.2) is 40.2 Å². The zero-order valence-electron chi connectivity index (χ0n) is 10.6. The van der Waals surface area contributed by atoms with E-state index in [1.165, 1.54) is 19.8 Å². The summed E-state index contributed by atoms with van der Waals surface area (Å²) in [6.07, 6.45) is 3.28. The Morgan fingerprint density at radius 3 is 2.42 bits per heavy atom. The van der Waals surface area contributed by atoms with Gasteiger partial charge in [0.05, 0.1) is 3.79 Å². The lowest BCUT2D eigenvalue weighted by Gasteiger charge is -2.22. The molecule has 19 heavy (non-hydrogen) atoms. The van der Waals surface area contributed by atoms with Gasteiger partial charge in [-0.25, -0.2) is 0 Å². The number of hydrogen-bond donors (Lipinski definition) is 2. The summed E-state index contributed by atoms with van der Waals surface area (Å²) >= 11 is 5.31. The molecule has 3 rings (SSSR count). The highest BCUT2D eigenvalue weighted by Crippen LogP contribution is 2.31. The Balaban J connectivity index is 1.71. The minimum absolute atomic E-state index is 0.345. The van der Waals surface area contributed by atoms with Crippen molar-refractivity contribution in [3.63, 3.8) is 0 Å². The van der Waals surface area contributed by atoms with Gasteiger partial charge in [0.25, 0.3) is 0 Å². The van der Waals surface area contributed by atoms with Gasteiger partial charge < -0.3 is 0 Å². The van der Waals surface area contributed by atoms with E-state index < -0.39 is 0 Å². The molecule has 2 nitrogen and oxygen atoms in total. The Morgan fingerprint density at radius 2 is 1.89 bits per heavy atom. The predicted octanol–water partition coefficient (Wildman–Crippen LogP) is 3.30. The summed E-state index contributed by atoms with van der Waals surface area (Å²) in [5.41, 5.74) is 6.00. The lowest BCUT2D eigenvalue weighted by Crippen LogP contribution is -2.42. The summed E-state index contributed by atoms with van der Waals surface area (Å²) in [7, 11) is 0. The second-order valence-electron chi connectivity index (χ2n) is 5.12. The van der Waals surface area contributed by atoms with Crippen LogP contribution in [-0.4, -0.2) is 6.04 Å². The van der Waals surface area contributed by atoms with E-state index in [1.54, 1.807) is 11.3 Å². The Morgan fingerprint density at radius 1 is 1.21 bits per heavy atom. The van der Waals surface area contributed by atoms with Crippen molar-refractivity contribution in [3.05, 3.63) is 56.2 Å². The van der Waals surface area contributed by atoms with Gasteiger partial charge in [-0.1, -0.05) is 24.3 Å². The number of nitrogens with one attached hydrogen (secondary N) is 1. The molecule has 0 saturated carbocycles. The average Bonchev–Trinajstić information content (AvgIpc) is 3.01. The van der Waals surface area contributed by atoms with Gasteiger partial charge in [-0.3, -0.25) is 11.3 Å². The first-order valence-electron chi connectivity index (χ1n) is 6.53. The van der Waals surface area contributed by atoms with Gasteiger partial charge in [-0.15, -0.1) is 11.3 Å². The third-order valence-corrected chi connectivity index (χ3v) is 5.56. The summed E-state index contributed by atoms with van der Waals surface area (Å²) in [5.74, 6) is 6.39. The standard InChI is InChI=1S/C15H17BrN2S/c16-15-6-5-13(19-15)9-14(18-17)12-7-10-3-1-2-4-11(10)8-12/h1-6,12,14,18H,7-9,17H2. The highest BCUT2D eigenvalue weighted by molar-refractivity contribution is 9.11. The summed E-state index contributed by atoms with van der Waals surface area (Å²) in [5, 5.41) is 0. The minimum Gasteiger partial charge on any atom is -0.271 e. The number of fused-ring (bicyclic) bond motifs is 1. The van der Waals surface area contributed by atoms with Crippen molar-refractivity contribution in [3.8, 4) is 0 Å². The number of thiophene rings is 1. The second kappa shape index (κ2) is 5.75. The molecule has 3 N–H and O–H groups in total. The van der Waals surface area contributed by atoms with Crippen molar-refractivity contribution in [1.82, 2.24) is 5.43 Å². The Kier molecular flexibility index (Phi) is 4.03. The maximum atomic E-state index is 5.79. The van der Waals surface area contributed by atoms with Crippen molar-refractivity contribution in [2.75, 3.05) is 0 Å². The third kappa shape index (κ3) is 2.92. The predicted molar refractivity (Wildman–Crippen MR) is 84.2 cm³/mol. The monoisotopic (exact) mass is 336 g/mol. The molecule has 100 valence electrons. The molecule has 0 saturated heterocycles. The highest BCUT2D eigenvalue weighted by Gasteiger charge is 2.28. The first-order valence-corrected chi connectivity index (χ1v) is 8.14. The molecule has 0 aliphatic heterocycles. The van der Waals surface area contributed by atoms with E-state index in [0.29, 0.717) is 12.0 Å². The smallest absolute Gasteiger partial charge is 0.0701 e. The van der Waals surface area contributed by atoms with Gasteiger partial charge in [0, 0.05) is 10.9 Å². The molecule has 0 bridgehead atoms. The molecule has 0 fully saturated rings. The molecule has 1 aromatic heterocycles. The van der Waals surface area contributed by atoms with Crippen molar-refractivity contribution in [1.29, 1.82) is 0 Å². The molecular formula is C15H17BrN2S. The second-order valence-corrected chi connectivity index (χ2v) is 7.67. The van der Waals surface area contributed by atoms with E-state index in [-0.39, 0.29) is 0 Å². The van der Waals surface area contributed by atoms with Crippen molar-refractivity contribution >= 4 is 27.3 Å². The minimum atomic E-state index is 0.345. The van der Waals surface area contributed by atoms with Crippen LogP contribution >= 0.6 is 27.3 Å². The van der Waals surface area contributed by atoms with Crippen LogP contribution in [0.3, 0.4) is 0 Å². The molecule has 0 amide bonds. The van der Waals surface area contributed by atoms with Gasteiger partial charge >= 0.3 is 0 Å². The average molecular weight is 337 g/mol. The lowest BCUT2D eigenvalue weighted by molar-refractivity contribution is 0.368. The van der Waals surface area contributed by atoms with Crippen LogP contribution in [0.25, 0.3) is 0 Å². The maximum Gasteiger partial charge on any atom is 0.0701 e. The first-order chi connectivity index (χ1) is 9.26. The van der Waals surface area contributed by atoms with Gasteiger partial charge in [0.1, 0.15) is 0 Å². The quantitative estimate of drug-likeness (QED) is 0.664. The summed E-state index contributed by atoms with van der Waals surface area (Å²) in [6, 6.07) is 13.4. The van der Waals surface area contributed by atoms with E-state index in [2.05, 4.69) is 57.8 Å². The van der Waals surface area contributed by atoms with E-state index >= 15 is 0 Å². The first kappa shape index (κ1) is 13.3. The van der Waals surface area contributed by atoms with Crippen LogP contribution in [0.1, 0.15) is 16.0 Å². The van der Waals surface area contributed by atoms with Crippen LogP contribution in [-0.2, 0) is 19.3 Å². The van der Waals surface area contributed by atoms with E-state index in [9.17, 15) is 0 Å². The largest absolute Gasteiger partial charge is 0.271 e. The number of rotatable bonds is 4. The number of halogens is 1. The fourth-order valence-electron chi connectivity index (χ4n) is 2.92. The van der Waals surface area contributed by atoms with Crippen LogP contribution in [0, 0.1) is 5.92 Å². The molecule has 1 aliphatic rings. The molecule has 2 aromatic rings. The number of benzene rings is 1. The van der Waals surface area contributed by atoms with Crippen molar-refractivity contribution in [2.24, 2.45) is 11.8 Å². The SMILES string of the molecule is NNC(Cc1ccc(Br)s1)C1Cc2ccccc2C1. The van der Waals surface area contributed by atoms with Crippen molar-refractivity contribution < 1.29 is 0 Å². The third-order valence-electron chi connectivity index (χ3n) is 3.92. The van der Waals surface area contributed by atoms with Crippen LogP contribution < -0.4 is 11.3 Å². The molecule has 1 unspecified atom stereocenters. The molecule has 1 aromatic carbocycles. The molecular weight excluding hydrogens is 320 g/mol. The van der Waals surface area contributed by atoms with Gasteiger partial charge in [-0.05, 0) is 64.4 Å². The Hall–Kier alpha value is -0.680. The lowest BCUT2D eigenvalue weighted by atomic mass is 9.94. The van der Waals surface area contributed by atoms with Crippen LogP contribution in [0.4, 0.5) is 0 Å². The Labute approximate surface area is 126 Å². The summed E-state index contributed by atoms with van der Waals surface area (Å²) in [6.45, 7) is 0. The number of hydrazine groups is 1. The topological polar surface area (TPSA) is 38.0 Å². The summed E-state index contributed by atoms with van der Waals surface area (Å²) in [4.78, 5) is 1.38. The number of hydrogen-bond acceptors (Lipinski definition) is 3. The van der Waals surface area contributed by atoms with Gasteiger partial charge in [0.2, 0.25) is 0 Å². The Bertz CT molecular complexity index is 542. The van der Waals surface area contributed by atoms with Crippen molar-refractivity contribution in [2.45, 2.75) is 25.3 Å². The molecule has 4 heteroatoms.